The van der Waals surface area contributed by atoms with E-state index in [0.29, 0.717) is 11.8 Å². The number of pyridine rings is 1. The van der Waals surface area contributed by atoms with Crippen LogP contribution in [-0.2, 0) is 10.0 Å². The third kappa shape index (κ3) is 3.78. The van der Waals surface area contributed by atoms with Crippen LogP contribution in [0.3, 0.4) is 0 Å². The molecule has 1 fully saturated rings. The standard InChI is InChI=1S/C14H21N3O2S2/c1-9-5-6-11(8-10(9)2)17-21(18,19)12-4-3-7-16-13(12)14(15)20/h3-4,7,9-11,17H,5-6,8H2,1-2H3,(H2,15,20). The van der Waals surface area contributed by atoms with E-state index >= 15 is 0 Å². The van der Waals surface area contributed by atoms with E-state index in [2.05, 4.69) is 23.6 Å². The quantitative estimate of drug-likeness (QED) is 0.824. The van der Waals surface area contributed by atoms with Gasteiger partial charge in [0.25, 0.3) is 0 Å². The van der Waals surface area contributed by atoms with E-state index in [-0.39, 0.29) is 21.6 Å². The van der Waals surface area contributed by atoms with Gasteiger partial charge in [0.05, 0.1) is 0 Å². The molecule has 3 unspecified atom stereocenters. The number of aromatic nitrogens is 1. The van der Waals surface area contributed by atoms with Gasteiger partial charge in [-0.15, -0.1) is 0 Å². The van der Waals surface area contributed by atoms with E-state index in [1.807, 2.05) is 0 Å². The lowest BCUT2D eigenvalue weighted by Gasteiger charge is -2.32. The fraction of sp³-hybridized carbons (Fsp3) is 0.571. The van der Waals surface area contributed by atoms with Crippen molar-refractivity contribution < 1.29 is 8.42 Å². The Bertz CT molecular complexity index is 631. The molecule has 1 aromatic rings. The Morgan fingerprint density at radius 2 is 2.10 bits per heavy atom. The molecule has 0 radical (unpaired) electrons. The first-order valence-corrected chi connectivity index (χ1v) is 8.97. The van der Waals surface area contributed by atoms with Crippen LogP contribution in [0.15, 0.2) is 23.2 Å². The topological polar surface area (TPSA) is 85.1 Å². The summed E-state index contributed by atoms with van der Waals surface area (Å²) in [6.07, 6.45) is 4.22. The van der Waals surface area contributed by atoms with Crippen LogP contribution in [0.1, 0.15) is 38.8 Å². The molecule has 0 aliphatic heterocycles. The first kappa shape index (κ1) is 16.3. The van der Waals surface area contributed by atoms with Crippen LogP contribution < -0.4 is 10.5 Å². The van der Waals surface area contributed by atoms with Gasteiger partial charge in [-0.2, -0.15) is 0 Å². The lowest BCUT2D eigenvalue weighted by Crippen LogP contribution is -2.40. The van der Waals surface area contributed by atoms with Gasteiger partial charge in [0.1, 0.15) is 15.6 Å². The molecule has 5 nitrogen and oxygen atoms in total. The Labute approximate surface area is 131 Å². The van der Waals surface area contributed by atoms with E-state index < -0.39 is 10.0 Å². The molecule has 0 saturated heterocycles. The van der Waals surface area contributed by atoms with Crippen molar-refractivity contribution in [3.63, 3.8) is 0 Å². The molecule has 21 heavy (non-hydrogen) atoms. The number of nitrogens with one attached hydrogen (secondary N) is 1. The van der Waals surface area contributed by atoms with Crippen molar-refractivity contribution in [1.29, 1.82) is 0 Å². The molecule has 2 rings (SSSR count). The molecule has 0 bridgehead atoms. The Hall–Kier alpha value is -1.05. The SMILES string of the molecule is CC1CCC(NS(=O)(=O)c2cccnc2C(N)=S)CC1C. The summed E-state index contributed by atoms with van der Waals surface area (Å²) in [6.45, 7) is 4.37. The summed E-state index contributed by atoms with van der Waals surface area (Å²) < 4.78 is 27.9. The van der Waals surface area contributed by atoms with Gasteiger partial charge >= 0.3 is 0 Å². The molecule has 116 valence electrons. The molecule has 1 aromatic heterocycles. The fourth-order valence-electron chi connectivity index (χ4n) is 2.73. The second-order valence-electron chi connectivity index (χ2n) is 5.80. The Balaban J connectivity index is 2.22. The smallest absolute Gasteiger partial charge is 0.243 e. The molecule has 1 saturated carbocycles. The maximum Gasteiger partial charge on any atom is 0.243 e. The molecule has 1 heterocycles. The maximum atomic E-state index is 12.5. The summed E-state index contributed by atoms with van der Waals surface area (Å²) in [5.74, 6) is 1.15. The highest BCUT2D eigenvalue weighted by Gasteiger charge is 2.29. The number of thiocarbonyl (C=S) groups is 1. The molecular weight excluding hydrogens is 306 g/mol. The van der Waals surface area contributed by atoms with Gasteiger partial charge in [-0.1, -0.05) is 26.1 Å². The Kier molecular flexibility index (Phi) is 4.95. The summed E-state index contributed by atoms with van der Waals surface area (Å²) in [5, 5.41) is 0. The summed E-state index contributed by atoms with van der Waals surface area (Å²) in [7, 11) is -3.66. The molecule has 1 aliphatic rings. The predicted molar refractivity (Wildman–Crippen MR) is 86.4 cm³/mol. The minimum absolute atomic E-state index is 0.0124. The van der Waals surface area contributed by atoms with Crippen molar-refractivity contribution in [3.8, 4) is 0 Å². The average Bonchev–Trinajstić information content (AvgIpc) is 2.42. The van der Waals surface area contributed by atoms with Gasteiger partial charge in [0.2, 0.25) is 10.0 Å². The minimum atomic E-state index is -3.66. The number of nitrogens with two attached hydrogens (primary N) is 1. The second-order valence-corrected chi connectivity index (χ2v) is 7.92. The van der Waals surface area contributed by atoms with E-state index in [0.717, 1.165) is 19.3 Å². The van der Waals surface area contributed by atoms with Crippen LogP contribution in [0.2, 0.25) is 0 Å². The van der Waals surface area contributed by atoms with Crippen molar-refractivity contribution >= 4 is 27.2 Å². The third-order valence-electron chi connectivity index (χ3n) is 4.21. The molecule has 0 amide bonds. The predicted octanol–water partition coefficient (Wildman–Crippen LogP) is 1.82. The van der Waals surface area contributed by atoms with Gasteiger partial charge in [0.15, 0.2) is 0 Å². The van der Waals surface area contributed by atoms with Gasteiger partial charge in [-0.3, -0.25) is 4.98 Å². The Morgan fingerprint density at radius 1 is 1.38 bits per heavy atom. The third-order valence-corrected chi connectivity index (χ3v) is 5.96. The highest BCUT2D eigenvalue weighted by molar-refractivity contribution is 7.89. The largest absolute Gasteiger partial charge is 0.388 e. The van der Waals surface area contributed by atoms with E-state index in [1.54, 1.807) is 6.07 Å². The molecular formula is C14H21N3O2S2. The van der Waals surface area contributed by atoms with Crippen LogP contribution in [-0.4, -0.2) is 24.4 Å². The second kappa shape index (κ2) is 6.37. The van der Waals surface area contributed by atoms with Gasteiger partial charge in [-0.25, -0.2) is 13.1 Å². The van der Waals surface area contributed by atoms with E-state index in [1.165, 1.54) is 12.3 Å². The zero-order chi connectivity index (χ0) is 15.6. The summed E-state index contributed by atoms with van der Waals surface area (Å²) in [5.41, 5.74) is 5.71. The Morgan fingerprint density at radius 3 is 2.71 bits per heavy atom. The van der Waals surface area contributed by atoms with Crippen molar-refractivity contribution in [2.45, 2.75) is 44.0 Å². The molecule has 3 N–H and O–H groups in total. The van der Waals surface area contributed by atoms with Crippen LogP contribution in [0.5, 0.6) is 0 Å². The lowest BCUT2D eigenvalue weighted by atomic mass is 9.79. The van der Waals surface area contributed by atoms with Gasteiger partial charge < -0.3 is 5.73 Å². The van der Waals surface area contributed by atoms with Crippen molar-refractivity contribution in [2.75, 3.05) is 0 Å². The minimum Gasteiger partial charge on any atom is -0.388 e. The molecule has 0 spiro atoms. The summed E-state index contributed by atoms with van der Waals surface area (Å²) in [6, 6.07) is 3.02. The average molecular weight is 327 g/mol. The molecule has 7 heteroatoms. The highest BCUT2D eigenvalue weighted by Crippen LogP contribution is 2.30. The molecule has 0 aromatic carbocycles. The zero-order valence-electron chi connectivity index (χ0n) is 12.2. The number of hydrogen-bond donors (Lipinski definition) is 2. The van der Waals surface area contributed by atoms with Gasteiger partial charge in [0, 0.05) is 12.2 Å². The first-order valence-electron chi connectivity index (χ1n) is 7.08. The van der Waals surface area contributed by atoms with Crippen LogP contribution in [0.4, 0.5) is 0 Å². The zero-order valence-corrected chi connectivity index (χ0v) is 13.9. The molecule has 1 aliphatic carbocycles. The summed E-state index contributed by atoms with van der Waals surface area (Å²) in [4.78, 5) is 4.03. The lowest BCUT2D eigenvalue weighted by molar-refractivity contribution is 0.242. The van der Waals surface area contributed by atoms with Crippen molar-refractivity contribution in [2.24, 2.45) is 17.6 Å². The number of sulfonamides is 1. The maximum absolute atomic E-state index is 12.5. The van der Waals surface area contributed by atoms with Crippen molar-refractivity contribution in [1.82, 2.24) is 9.71 Å². The number of nitrogens with zero attached hydrogens (tertiary/aromatic N) is 1. The van der Waals surface area contributed by atoms with Crippen molar-refractivity contribution in [3.05, 3.63) is 24.0 Å². The van der Waals surface area contributed by atoms with Crippen LogP contribution in [0, 0.1) is 11.8 Å². The van der Waals surface area contributed by atoms with Crippen LogP contribution in [0.25, 0.3) is 0 Å². The molecule has 3 atom stereocenters. The van der Waals surface area contributed by atoms with E-state index in [4.69, 9.17) is 18.0 Å². The monoisotopic (exact) mass is 327 g/mol. The van der Waals surface area contributed by atoms with Gasteiger partial charge in [-0.05, 0) is 43.2 Å². The number of rotatable bonds is 4. The first-order chi connectivity index (χ1) is 9.81. The normalized spacial score (nSPS) is 26.5. The van der Waals surface area contributed by atoms with Crippen LogP contribution >= 0.6 is 12.2 Å². The summed E-state index contributed by atoms with van der Waals surface area (Å²) >= 11 is 4.88. The highest BCUT2D eigenvalue weighted by atomic mass is 32.2. The number of hydrogen-bond acceptors (Lipinski definition) is 4. The van der Waals surface area contributed by atoms with E-state index in [9.17, 15) is 8.42 Å². The fourth-order valence-corrected chi connectivity index (χ4v) is 4.41.